The highest BCUT2D eigenvalue weighted by Crippen LogP contribution is 2.19. The molecule has 6 nitrogen and oxygen atoms in total. The first-order valence-corrected chi connectivity index (χ1v) is 5.94. The molecule has 1 aromatic carbocycles. The zero-order chi connectivity index (χ0) is 13.7. The second kappa shape index (κ2) is 6.31. The summed E-state index contributed by atoms with van der Waals surface area (Å²) in [5, 5.41) is 3.93. The first-order valence-electron chi connectivity index (χ1n) is 5.94. The Morgan fingerprint density at radius 2 is 2.00 bits per heavy atom. The van der Waals surface area contributed by atoms with Gasteiger partial charge in [0, 0.05) is 25.1 Å². The summed E-state index contributed by atoms with van der Waals surface area (Å²) >= 11 is 0. The highest BCUT2D eigenvalue weighted by atomic mass is 16.5. The predicted molar refractivity (Wildman–Crippen MR) is 69.8 cm³/mol. The molecule has 2 rings (SSSR count). The molecule has 0 fully saturated rings. The van der Waals surface area contributed by atoms with Crippen molar-refractivity contribution in [2.45, 2.75) is 12.5 Å². The van der Waals surface area contributed by atoms with E-state index in [2.05, 4.69) is 10.1 Å². The molecular formula is C13H17N3O3. The van der Waals surface area contributed by atoms with Crippen molar-refractivity contribution >= 4 is 0 Å². The Morgan fingerprint density at radius 3 is 2.63 bits per heavy atom. The summed E-state index contributed by atoms with van der Waals surface area (Å²) in [5.74, 6) is 1.84. The fourth-order valence-corrected chi connectivity index (χ4v) is 1.69. The van der Waals surface area contributed by atoms with E-state index in [-0.39, 0.29) is 6.04 Å². The summed E-state index contributed by atoms with van der Waals surface area (Å²) in [4.78, 5) is 4.30. The van der Waals surface area contributed by atoms with Crippen LogP contribution in [-0.4, -0.2) is 37.0 Å². The fourth-order valence-electron chi connectivity index (χ4n) is 1.69. The Labute approximate surface area is 111 Å². The number of ether oxygens (including phenoxy) is 2. The Kier molecular flexibility index (Phi) is 4.48. The van der Waals surface area contributed by atoms with Crippen molar-refractivity contribution in [1.29, 1.82) is 0 Å². The molecule has 2 aromatic rings. The first kappa shape index (κ1) is 13.5. The average Bonchev–Trinajstić information content (AvgIpc) is 2.87. The number of rotatable bonds is 6. The molecule has 0 spiro atoms. The SMILES string of the molecule is COCC(N)Cc1nc(-c2ccc(OC)cc2)no1. The molecule has 0 saturated heterocycles. The molecule has 0 radical (unpaired) electrons. The van der Waals surface area contributed by atoms with Crippen LogP contribution in [0.15, 0.2) is 28.8 Å². The van der Waals surface area contributed by atoms with Crippen LogP contribution in [0.3, 0.4) is 0 Å². The van der Waals surface area contributed by atoms with E-state index in [0.717, 1.165) is 11.3 Å². The van der Waals surface area contributed by atoms with Crippen LogP contribution >= 0.6 is 0 Å². The van der Waals surface area contributed by atoms with Crippen LogP contribution in [0, 0.1) is 0 Å². The second-order valence-electron chi connectivity index (χ2n) is 4.16. The number of aromatic nitrogens is 2. The Morgan fingerprint density at radius 1 is 1.26 bits per heavy atom. The third kappa shape index (κ3) is 3.52. The molecule has 1 unspecified atom stereocenters. The van der Waals surface area contributed by atoms with E-state index in [1.165, 1.54) is 0 Å². The van der Waals surface area contributed by atoms with Crippen molar-refractivity contribution in [1.82, 2.24) is 10.1 Å². The molecule has 0 saturated carbocycles. The second-order valence-corrected chi connectivity index (χ2v) is 4.16. The van der Waals surface area contributed by atoms with E-state index in [4.69, 9.17) is 19.7 Å². The highest BCUT2D eigenvalue weighted by Gasteiger charge is 2.12. The van der Waals surface area contributed by atoms with Crippen LogP contribution in [0.2, 0.25) is 0 Å². The van der Waals surface area contributed by atoms with E-state index in [9.17, 15) is 0 Å². The lowest BCUT2D eigenvalue weighted by Gasteiger charge is -2.05. The predicted octanol–water partition coefficient (Wildman–Crippen LogP) is 1.26. The van der Waals surface area contributed by atoms with Gasteiger partial charge in [0.15, 0.2) is 0 Å². The fraction of sp³-hybridized carbons (Fsp3) is 0.385. The molecule has 0 aliphatic rings. The summed E-state index contributed by atoms with van der Waals surface area (Å²) in [5.41, 5.74) is 6.70. The van der Waals surface area contributed by atoms with Gasteiger partial charge in [0.05, 0.1) is 13.7 Å². The summed E-state index contributed by atoms with van der Waals surface area (Å²) in [6.07, 6.45) is 0.497. The Balaban J connectivity index is 2.07. The number of hydrogen-bond donors (Lipinski definition) is 1. The quantitative estimate of drug-likeness (QED) is 0.844. The number of nitrogens with two attached hydrogens (primary N) is 1. The standard InChI is InChI=1S/C13H17N3O3/c1-17-8-10(14)7-12-15-13(16-19-12)9-3-5-11(18-2)6-4-9/h3-6,10H,7-8,14H2,1-2H3. The highest BCUT2D eigenvalue weighted by molar-refractivity contribution is 5.55. The maximum absolute atomic E-state index is 5.83. The van der Waals surface area contributed by atoms with E-state index in [1.807, 2.05) is 24.3 Å². The van der Waals surface area contributed by atoms with Gasteiger partial charge in [0.2, 0.25) is 11.7 Å². The summed E-state index contributed by atoms with van der Waals surface area (Å²) in [7, 11) is 3.23. The monoisotopic (exact) mass is 263 g/mol. The molecule has 0 aliphatic carbocycles. The van der Waals surface area contributed by atoms with Gasteiger partial charge >= 0.3 is 0 Å². The maximum atomic E-state index is 5.83. The van der Waals surface area contributed by atoms with Crippen LogP contribution in [-0.2, 0) is 11.2 Å². The molecule has 6 heteroatoms. The topological polar surface area (TPSA) is 83.4 Å². The Hall–Kier alpha value is -1.92. The molecule has 0 bridgehead atoms. The molecular weight excluding hydrogens is 246 g/mol. The molecule has 102 valence electrons. The molecule has 1 heterocycles. The summed E-state index contributed by atoms with van der Waals surface area (Å²) in [6.45, 7) is 0.459. The summed E-state index contributed by atoms with van der Waals surface area (Å²) < 4.78 is 15.2. The van der Waals surface area contributed by atoms with Gasteiger partial charge in [-0.15, -0.1) is 0 Å². The number of benzene rings is 1. The van der Waals surface area contributed by atoms with Crippen molar-refractivity contribution < 1.29 is 14.0 Å². The van der Waals surface area contributed by atoms with E-state index in [1.54, 1.807) is 14.2 Å². The molecule has 0 aliphatic heterocycles. The van der Waals surface area contributed by atoms with Gasteiger partial charge < -0.3 is 19.7 Å². The van der Waals surface area contributed by atoms with Crippen molar-refractivity contribution in [2.75, 3.05) is 20.8 Å². The van der Waals surface area contributed by atoms with Gasteiger partial charge in [-0.2, -0.15) is 4.98 Å². The smallest absolute Gasteiger partial charge is 0.228 e. The minimum atomic E-state index is -0.144. The minimum Gasteiger partial charge on any atom is -0.497 e. The molecule has 2 N–H and O–H groups in total. The van der Waals surface area contributed by atoms with Gasteiger partial charge in [0.25, 0.3) is 0 Å². The van der Waals surface area contributed by atoms with Gasteiger partial charge in [0.1, 0.15) is 5.75 Å². The van der Waals surface area contributed by atoms with Crippen molar-refractivity contribution in [3.63, 3.8) is 0 Å². The van der Waals surface area contributed by atoms with Crippen molar-refractivity contribution in [3.05, 3.63) is 30.2 Å². The van der Waals surface area contributed by atoms with Gasteiger partial charge in [-0.05, 0) is 24.3 Å². The molecule has 0 amide bonds. The average molecular weight is 263 g/mol. The lowest BCUT2D eigenvalue weighted by molar-refractivity contribution is 0.176. The van der Waals surface area contributed by atoms with Gasteiger partial charge in [-0.3, -0.25) is 0 Å². The van der Waals surface area contributed by atoms with Crippen LogP contribution in [0.5, 0.6) is 5.75 Å². The normalized spacial score (nSPS) is 12.4. The van der Waals surface area contributed by atoms with Crippen LogP contribution < -0.4 is 10.5 Å². The lowest BCUT2D eigenvalue weighted by atomic mass is 10.2. The third-order valence-electron chi connectivity index (χ3n) is 2.63. The molecule has 1 atom stereocenters. The summed E-state index contributed by atoms with van der Waals surface area (Å²) in [6, 6.07) is 7.31. The van der Waals surface area contributed by atoms with Crippen LogP contribution in [0.4, 0.5) is 0 Å². The van der Waals surface area contributed by atoms with Crippen molar-refractivity contribution in [2.24, 2.45) is 5.73 Å². The van der Waals surface area contributed by atoms with Crippen LogP contribution in [0.25, 0.3) is 11.4 Å². The third-order valence-corrected chi connectivity index (χ3v) is 2.63. The number of hydrogen-bond acceptors (Lipinski definition) is 6. The number of methoxy groups -OCH3 is 2. The zero-order valence-electron chi connectivity index (χ0n) is 11.0. The zero-order valence-corrected chi connectivity index (χ0v) is 11.0. The van der Waals surface area contributed by atoms with E-state index < -0.39 is 0 Å². The van der Waals surface area contributed by atoms with Crippen LogP contribution in [0.1, 0.15) is 5.89 Å². The van der Waals surface area contributed by atoms with Gasteiger partial charge in [-0.1, -0.05) is 5.16 Å². The number of nitrogens with zero attached hydrogens (tertiary/aromatic N) is 2. The van der Waals surface area contributed by atoms with E-state index in [0.29, 0.717) is 24.7 Å². The van der Waals surface area contributed by atoms with Gasteiger partial charge in [-0.25, -0.2) is 0 Å². The maximum Gasteiger partial charge on any atom is 0.228 e. The molecule has 19 heavy (non-hydrogen) atoms. The Bertz CT molecular complexity index is 510. The van der Waals surface area contributed by atoms with E-state index >= 15 is 0 Å². The minimum absolute atomic E-state index is 0.144. The van der Waals surface area contributed by atoms with Crippen molar-refractivity contribution in [3.8, 4) is 17.1 Å². The first-order chi connectivity index (χ1) is 9.22. The lowest BCUT2D eigenvalue weighted by Crippen LogP contribution is -2.28. The molecule has 1 aromatic heterocycles. The largest absolute Gasteiger partial charge is 0.497 e.